The van der Waals surface area contributed by atoms with Gasteiger partial charge >= 0.3 is 5.97 Å². The van der Waals surface area contributed by atoms with Gasteiger partial charge in [0.15, 0.2) is 0 Å². The maximum absolute atomic E-state index is 12.0. The number of hydrogen-bond acceptors (Lipinski definition) is 4. The molecule has 5 nitrogen and oxygen atoms in total. The average molecular weight is 300 g/mol. The van der Waals surface area contributed by atoms with Gasteiger partial charge in [0.2, 0.25) is 0 Å². The van der Waals surface area contributed by atoms with Gasteiger partial charge in [0.1, 0.15) is 0 Å². The minimum Gasteiger partial charge on any atom is -0.481 e. The van der Waals surface area contributed by atoms with E-state index in [0.29, 0.717) is 6.42 Å². The molecule has 2 atom stereocenters. The van der Waals surface area contributed by atoms with Crippen LogP contribution in [0.5, 0.6) is 0 Å². The third kappa shape index (κ3) is 4.31. The number of rotatable bonds is 7. The topological polar surface area (TPSA) is 80.7 Å². The molecule has 6 heteroatoms. The maximum atomic E-state index is 12.0. The average Bonchev–Trinajstić information content (AvgIpc) is 2.38. The largest absolute Gasteiger partial charge is 0.481 e. The monoisotopic (exact) mass is 300 g/mol. The van der Waals surface area contributed by atoms with E-state index >= 15 is 0 Å². The molecule has 0 saturated heterocycles. The molecule has 0 aliphatic rings. The molecule has 0 amide bonds. The van der Waals surface area contributed by atoms with Crippen LogP contribution in [-0.2, 0) is 19.1 Å². The molecule has 1 aromatic carbocycles. The minimum atomic E-state index is -3.91. The van der Waals surface area contributed by atoms with Gasteiger partial charge in [0.05, 0.1) is 17.4 Å². The fourth-order valence-electron chi connectivity index (χ4n) is 1.70. The highest BCUT2D eigenvalue weighted by Crippen LogP contribution is 2.19. The first kappa shape index (κ1) is 16.7. The maximum Gasteiger partial charge on any atom is 0.309 e. The third-order valence-corrected chi connectivity index (χ3v) is 4.66. The van der Waals surface area contributed by atoms with Crippen molar-refractivity contribution >= 4 is 16.1 Å². The summed E-state index contributed by atoms with van der Waals surface area (Å²) in [5.41, 5.74) is 0.937. The van der Waals surface area contributed by atoms with Gasteiger partial charge in [-0.05, 0) is 25.0 Å². The van der Waals surface area contributed by atoms with Gasteiger partial charge in [-0.15, -0.1) is 0 Å². The van der Waals surface area contributed by atoms with Crippen molar-refractivity contribution in [3.8, 4) is 0 Å². The Kier molecular flexibility index (Phi) is 5.71. The molecule has 1 unspecified atom stereocenters. The lowest BCUT2D eigenvalue weighted by atomic mass is 9.93. The lowest BCUT2D eigenvalue weighted by molar-refractivity contribution is -0.144. The molecule has 0 bridgehead atoms. The van der Waals surface area contributed by atoms with Crippen LogP contribution in [0.2, 0.25) is 0 Å². The van der Waals surface area contributed by atoms with E-state index < -0.39 is 22.0 Å². The van der Waals surface area contributed by atoms with Crippen LogP contribution in [0.3, 0.4) is 0 Å². The fraction of sp³-hybridized carbons (Fsp3) is 0.500. The number of aliphatic carboxylic acids is 1. The molecular weight excluding hydrogens is 280 g/mol. The summed E-state index contributed by atoms with van der Waals surface area (Å²) in [6.45, 7) is 5.12. The summed E-state index contributed by atoms with van der Waals surface area (Å²) >= 11 is 0. The predicted octanol–water partition coefficient (Wildman–Crippen LogP) is 2.45. The van der Waals surface area contributed by atoms with Crippen molar-refractivity contribution in [2.45, 2.75) is 32.1 Å². The van der Waals surface area contributed by atoms with Crippen LogP contribution in [0.1, 0.15) is 25.8 Å². The second kappa shape index (κ2) is 6.85. The van der Waals surface area contributed by atoms with Crippen molar-refractivity contribution in [1.29, 1.82) is 0 Å². The highest BCUT2D eigenvalue weighted by Gasteiger charge is 2.27. The van der Waals surface area contributed by atoms with Crippen molar-refractivity contribution < 1.29 is 22.5 Å². The molecule has 20 heavy (non-hydrogen) atoms. The van der Waals surface area contributed by atoms with E-state index in [2.05, 4.69) is 0 Å². The Morgan fingerprint density at radius 2 is 1.85 bits per heavy atom. The molecule has 1 rings (SSSR count). The van der Waals surface area contributed by atoms with E-state index in [1.165, 1.54) is 12.1 Å². The molecule has 0 aliphatic heterocycles. The molecule has 0 saturated carbocycles. The molecule has 0 fully saturated rings. The van der Waals surface area contributed by atoms with Gasteiger partial charge in [0.25, 0.3) is 10.1 Å². The molecule has 0 spiro atoms. The number of carbonyl (C=O) groups is 1. The summed E-state index contributed by atoms with van der Waals surface area (Å²) in [4.78, 5) is 11.2. The smallest absolute Gasteiger partial charge is 0.309 e. The molecular formula is C14H20O5S. The van der Waals surface area contributed by atoms with E-state index in [0.717, 1.165) is 5.56 Å². The van der Waals surface area contributed by atoms with Crippen LogP contribution in [0, 0.1) is 18.8 Å². The van der Waals surface area contributed by atoms with Gasteiger partial charge in [-0.2, -0.15) is 8.42 Å². The lowest BCUT2D eigenvalue weighted by Gasteiger charge is -2.18. The van der Waals surface area contributed by atoms with Crippen LogP contribution in [0.15, 0.2) is 29.2 Å². The van der Waals surface area contributed by atoms with E-state index in [9.17, 15) is 13.2 Å². The lowest BCUT2D eigenvalue weighted by Crippen LogP contribution is -2.27. The highest BCUT2D eigenvalue weighted by molar-refractivity contribution is 7.86. The molecule has 0 radical (unpaired) electrons. The minimum absolute atomic E-state index is 0.0383. The Balaban J connectivity index is 2.81. The summed E-state index contributed by atoms with van der Waals surface area (Å²) in [7, 11) is -3.91. The Bertz CT molecular complexity index is 547. The van der Waals surface area contributed by atoms with Crippen LogP contribution >= 0.6 is 0 Å². The van der Waals surface area contributed by atoms with Crippen molar-refractivity contribution in [1.82, 2.24) is 0 Å². The van der Waals surface area contributed by atoms with Gasteiger partial charge in [-0.3, -0.25) is 8.98 Å². The van der Waals surface area contributed by atoms with E-state index in [4.69, 9.17) is 9.29 Å². The molecule has 0 aromatic heterocycles. The Morgan fingerprint density at radius 1 is 1.30 bits per heavy atom. The summed E-state index contributed by atoms with van der Waals surface area (Å²) < 4.78 is 28.8. The van der Waals surface area contributed by atoms with E-state index in [-0.39, 0.29) is 17.4 Å². The van der Waals surface area contributed by atoms with Gasteiger partial charge < -0.3 is 5.11 Å². The zero-order valence-electron chi connectivity index (χ0n) is 11.9. The van der Waals surface area contributed by atoms with Gasteiger partial charge in [-0.25, -0.2) is 0 Å². The number of carboxylic acid groups (broad SMARTS) is 1. The number of carboxylic acids is 1. The second-order valence-electron chi connectivity index (χ2n) is 4.88. The third-order valence-electron chi connectivity index (χ3n) is 3.36. The number of hydrogen-bond donors (Lipinski definition) is 1. The normalized spacial score (nSPS) is 14.8. The Morgan fingerprint density at radius 3 is 2.30 bits per heavy atom. The van der Waals surface area contributed by atoms with Crippen molar-refractivity contribution in [3.05, 3.63) is 29.8 Å². The van der Waals surface area contributed by atoms with Crippen LogP contribution in [0.4, 0.5) is 0 Å². The summed E-state index contributed by atoms with van der Waals surface area (Å²) in [5.74, 6) is -2.03. The van der Waals surface area contributed by atoms with Crippen molar-refractivity contribution in [3.63, 3.8) is 0 Å². The quantitative estimate of drug-likeness (QED) is 0.782. The van der Waals surface area contributed by atoms with Crippen LogP contribution in [-0.4, -0.2) is 26.1 Å². The SMILES string of the molecule is CCC(C)[C@H](COS(=O)(=O)c1ccc(C)cc1)C(=O)O. The van der Waals surface area contributed by atoms with Crippen molar-refractivity contribution in [2.24, 2.45) is 11.8 Å². The van der Waals surface area contributed by atoms with Gasteiger partial charge in [0, 0.05) is 0 Å². The number of aryl methyl sites for hydroxylation is 1. The Labute approximate surface area is 119 Å². The van der Waals surface area contributed by atoms with Crippen molar-refractivity contribution in [2.75, 3.05) is 6.61 Å². The summed E-state index contributed by atoms with van der Waals surface area (Å²) in [6.07, 6.45) is 0.644. The molecule has 1 N–H and O–H groups in total. The molecule has 0 heterocycles. The molecule has 112 valence electrons. The summed E-state index contributed by atoms with van der Waals surface area (Å²) in [5, 5.41) is 9.10. The Hall–Kier alpha value is -1.40. The standard InChI is InChI=1S/C14H20O5S/c1-4-11(3)13(14(15)16)9-19-20(17,18)12-7-5-10(2)6-8-12/h5-8,11,13H,4,9H2,1-3H3,(H,15,16)/t11?,13-/m0/s1. The fourth-order valence-corrected chi connectivity index (χ4v) is 2.63. The first-order valence-electron chi connectivity index (χ1n) is 6.46. The summed E-state index contributed by atoms with van der Waals surface area (Å²) in [6, 6.07) is 6.23. The zero-order chi connectivity index (χ0) is 15.3. The van der Waals surface area contributed by atoms with Crippen LogP contribution in [0.25, 0.3) is 0 Å². The predicted molar refractivity (Wildman–Crippen MR) is 74.9 cm³/mol. The first-order chi connectivity index (χ1) is 9.27. The highest BCUT2D eigenvalue weighted by atomic mass is 32.2. The molecule has 0 aliphatic carbocycles. The van der Waals surface area contributed by atoms with Gasteiger partial charge in [-0.1, -0.05) is 38.0 Å². The molecule has 1 aromatic rings. The van der Waals surface area contributed by atoms with E-state index in [1.54, 1.807) is 19.1 Å². The first-order valence-corrected chi connectivity index (χ1v) is 7.87. The van der Waals surface area contributed by atoms with E-state index in [1.807, 2.05) is 13.8 Å². The zero-order valence-corrected chi connectivity index (χ0v) is 12.7. The van der Waals surface area contributed by atoms with Crippen LogP contribution < -0.4 is 0 Å². The second-order valence-corrected chi connectivity index (χ2v) is 6.50. The number of benzene rings is 1.